The quantitative estimate of drug-likeness (QED) is 0.574. The van der Waals surface area contributed by atoms with Gasteiger partial charge in [-0.2, -0.15) is 4.31 Å². The van der Waals surface area contributed by atoms with Crippen molar-refractivity contribution >= 4 is 16.0 Å². The first kappa shape index (κ1) is 22.0. The molecule has 1 fully saturated rings. The summed E-state index contributed by atoms with van der Waals surface area (Å²) in [6.45, 7) is 2.01. The number of carboxylic acids is 1. The van der Waals surface area contributed by atoms with E-state index in [0.29, 0.717) is 41.5 Å². The van der Waals surface area contributed by atoms with Crippen molar-refractivity contribution in [1.29, 1.82) is 0 Å². The molecule has 1 N–H and O–H groups in total. The fourth-order valence-electron chi connectivity index (χ4n) is 3.55. The normalized spacial score (nSPS) is 16.9. The number of oxazole rings is 1. The molecule has 1 aromatic heterocycles. The van der Waals surface area contributed by atoms with Gasteiger partial charge in [0.05, 0.1) is 4.90 Å². The first-order valence-electron chi connectivity index (χ1n) is 9.95. The Morgan fingerprint density at radius 2 is 1.91 bits per heavy atom. The number of halogens is 1. The lowest BCUT2D eigenvalue weighted by atomic mass is 10.2. The molecule has 1 atom stereocenters. The number of aryl methyl sites for hydroxylation is 1. The zero-order valence-corrected chi connectivity index (χ0v) is 18.0. The van der Waals surface area contributed by atoms with E-state index in [1.807, 2.05) is 0 Å². The molecule has 0 spiro atoms. The van der Waals surface area contributed by atoms with Gasteiger partial charge >= 0.3 is 5.97 Å². The van der Waals surface area contributed by atoms with E-state index in [9.17, 15) is 22.7 Å². The summed E-state index contributed by atoms with van der Waals surface area (Å²) in [6.07, 6.45) is 0.807. The number of carboxylic acid groups (broad SMARTS) is 1. The van der Waals surface area contributed by atoms with Crippen molar-refractivity contribution in [3.05, 3.63) is 65.8 Å². The highest BCUT2D eigenvalue weighted by Crippen LogP contribution is 2.28. The van der Waals surface area contributed by atoms with Crippen LogP contribution in [0.1, 0.15) is 24.3 Å². The maximum atomic E-state index is 13.1. The molecular weight excluding hydrogens is 439 g/mol. The molecule has 8 nitrogen and oxygen atoms in total. The molecule has 0 amide bonds. The molecule has 168 valence electrons. The van der Waals surface area contributed by atoms with Crippen molar-refractivity contribution in [3.8, 4) is 17.2 Å². The molecule has 2 aromatic carbocycles. The number of ether oxygens (including phenoxy) is 1. The summed E-state index contributed by atoms with van der Waals surface area (Å²) in [4.78, 5) is 15.7. The van der Waals surface area contributed by atoms with E-state index in [-0.39, 0.29) is 23.9 Å². The molecule has 10 heteroatoms. The van der Waals surface area contributed by atoms with Crippen LogP contribution in [0.3, 0.4) is 0 Å². The topological polar surface area (TPSA) is 110 Å². The first-order valence-corrected chi connectivity index (χ1v) is 11.4. The highest BCUT2D eigenvalue weighted by atomic mass is 32.2. The number of rotatable bonds is 7. The Labute approximate surface area is 184 Å². The molecule has 3 aromatic rings. The van der Waals surface area contributed by atoms with Gasteiger partial charge in [-0.1, -0.05) is 0 Å². The summed E-state index contributed by atoms with van der Waals surface area (Å²) in [5.41, 5.74) is 1.19. The molecule has 2 heterocycles. The summed E-state index contributed by atoms with van der Waals surface area (Å²) >= 11 is 0. The maximum Gasteiger partial charge on any atom is 0.322 e. The molecule has 0 aliphatic carbocycles. The summed E-state index contributed by atoms with van der Waals surface area (Å²) in [5.74, 6) is -0.174. The first-order chi connectivity index (χ1) is 15.3. The van der Waals surface area contributed by atoms with Gasteiger partial charge in [-0.05, 0) is 68.3 Å². The lowest BCUT2D eigenvalue weighted by Gasteiger charge is -2.21. The number of carbonyl (C=O) groups is 1. The lowest BCUT2D eigenvalue weighted by molar-refractivity contribution is -0.140. The number of benzene rings is 2. The standard InChI is InChI=1S/C22H21FN2O6S/c1-14-19(24-21(31-14)15-4-6-16(23)7-5-15)13-30-17-8-10-18(11-9-17)32(28,29)25-12-2-3-20(25)22(26)27/h4-11,20H,2-3,12-13H2,1H3,(H,26,27)/t20-/m1/s1. The molecule has 0 radical (unpaired) electrons. The highest BCUT2D eigenvalue weighted by molar-refractivity contribution is 7.89. The van der Waals surface area contributed by atoms with Crippen LogP contribution in [-0.4, -0.2) is 41.4 Å². The predicted molar refractivity (Wildman–Crippen MR) is 112 cm³/mol. The minimum atomic E-state index is -3.91. The van der Waals surface area contributed by atoms with Crippen molar-refractivity contribution < 1.29 is 31.9 Å². The predicted octanol–water partition coefficient (Wildman–Crippen LogP) is 3.61. The number of hydrogen-bond donors (Lipinski definition) is 1. The van der Waals surface area contributed by atoms with Gasteiger partial charge in [0.25, 0.3) is 0 Å². The molecule has 1 aliphatic rings. The van der Waals surface area contributed by atoms with Gasteiger partial charge in [0, 0.05) is 12.1 Å². The summed E-state index contributed by atoms with van der Waals surface area (Å²) in [7, 11) is -3.91. The summed E-state index contributed by atoms with van der Waals surface area (Å²) in [6, 6.07) is 10.5. The van der Waals surface area contributed by atoms with Gasteiger partial charge < -0.3 is 14.3 Å². The zero-order chi connectivity index (χ0) is 22.9. The van der Waals surface area contributed by atoms with Gasteiger partial charge in [-0.15, -0.1) is 0 Å². The smallest absolute Gasteiger partial charge is 0.322 e. The number of aliphatic carboxylic acids is 1. The zero-order valence-electron chi connectivity index (χ0n) is 17.2. The molecule has 0 bridgehead atoms. The van der Waals surface area contributed by atoms with Crippen LogP contribution in [0.25, 0.3) is 11.5 Å². The number of nitrogens with zero attached hydrogens (tertiary/aromatic N) is 2. The minimum absolute atomic E-state index is 0.00853. The van der Waals surface area contributed by atoms with Crippen LogP contribution in [-0.2, 0) is 21.4 Å². The number of aromatic nitrogens is 1. The van der Waals surface area contributed by atoms with Crippen LogP contribution in [0.5, 0.6) is 5.75 Å². The fraction of sp³-hybridized carbons (Fsp3) is 0.273. The van der Waals surface area contributed by atoms with Crippen LogP contribution in [0, 0.1) is 12.7 Å². The second kappa shape index (κ2) is 8.71. The van der Waals surface area contributed by atoms with E-state index >= 15 is 0 Å². The third-order valence-electron chi connectivity index (χ3n) is 5.28. The molecule has 0 unspecified atom stereocenters. The van der Waals surface area contributed by atoms with Gasteiger partial charge in [0.2, 0.25) is 15.9 Å². The third-order valence-corrected chi connectivity index (χ3v) is 7.20. The van der Waals surface area contributed by atoms with E-state index in [2.05, 4.69) is 4.98 Å². The van der Waals surface area contributed by atoms with E-state index in [1.54, 1.807) is 19.1 Å². The second-order valence-electron chi connectivity index (χ2n) is 7.40. The van der Waals surface area contributed by atoms with Crippen molar-refractivity contribution in [2.45, 2.75) is 37.3 Å². The monoisotopic (exact) mass is 460 g/mol. The van der Waals surface area contributed by atoms with Crippen LogP contribution in [0.2, 0.25) is 0 Å². The number of sulfonamides is 1. The van der Waals surface area contributed by atoms with Crippen LogP contribution >= 0.6 is 0 Å². The lowest BCUT2D eigenvalue weighted by Crippen LogP contribution is -2.40. The van der Waals surface area contributed by atoms with Gasteiger partial charge in [-0.3, -0.25) is 4.79 Å². The Bertz CT molecular complexity index is 1220. The average Bonchev–Trinajstić information content (AvgIpc) is 3.41. The Kier molecular flexibility index (Phi) is 5.98. The highest BCUT2D eigenvalue weighted by Gasteiger charge is 2.39. The van der Waals surface area contributed by atoms with Crippen LogP contribution in [0.15, 0.2) is 57.8 Å². The van der Waals surface area contributed by atoms with E-state index in [4.69, 9.17) is 9.15 Å². The molecule has 0 saturated carbocycles. The van der Waals surface area contributed by atoms with Gasteiger partial charge in [0.1, 0.15) is 35.7 Å². The van der Waals surface area contributed by atoms with Crippen LogP contribution < -0.4 is 4.74 Å². The van der Waals surface area contributed by atoms with Crippen LogP contribution in [0.4, 0.5) is 4.39 Å². The molecule has 1 aliphatic heterocycles. The van der Waals surface area contributed by atoms with Gasteiger partial charge in [-0.25, -0.2) is 17.8 Å². The average molecular weight is 460 g/mol. The van der Waals surface area contributed by atoms with Gasteiger partial charge in [0.15, 0.2) is 0 Å². The SMILES string of the molecule is Cc1oc(-c2ccc(F)cc2)nc1COc1ccc(S(=O)(=O)N2CCC[C@@H]2C(=O)O)cc1. The van der Waals surface area contributed by atoms with Crippen molar-refractivity contribution in [2.75, 3.05) is 6.54 Å². The molecular formula is C22H21FN2O6S. The number of hydrogen-bond acceptors (Lipinski definition) is 6. The Morgan fingerprint density at radius 3 is 2.56 bits per heavy atom. The van der Waals surface area contributed by atoms with Crippen molar-refractivity contribution in [3.63, 3.8) is 0 Å². The summed E-state index contributed by atoms with van der Waals surface area (Å²) < 4.78 is 51.1. The fourth-order valence-corrected chi connectivity index (χ4v) is 5.20. The minimum Gasteiger partial charge on any atom is -0.487 e. The molecule has 4 rings (SSSR count). The van der Waals surface area contributed by atoms with E-state index in [1.165, 1.54) is 36.4 Å². The summed E-state index contributed by atoms with van der Waals surface area (Å²) in [5, 5.41) is 9.27. The third kappa shape index (κ3) is 4.37. The molecule has 1 saturated heterocycles. The Hall–Kier alpha value is -3.24. The Balaban J connectivity index is 1.45. The van der Waals surface area contributed by atoms with E-state index < -0.39 is 22.0 Å². The second-order valence-corrected chi connectivity index (χ2v) is 9.29. The van der Waals surface area contributed by atoms with Crippen molar-refractivity contribution in [1.82, 2.24) is 9.29 Å². The Morgan fingerprint density at radius 1 is 1.22 bits per heavy atom. The maximum absolute atomic E-state index is 13.1. The van der Waals surface area contributed by atoms with E-state index in [0.717, 1.165) is 4.31 Å². The van der Waals surface area contributed by atoms with Crippen molar-refractivity contribution in [2.24, 2.45) is 0 Å². The largest absolute Gasteiger partial charge is 0.487 e. The molecule has 32 heavy (non-hydrogen) atoms.